The molecule has 0 unspecified atom stereocenters. The number of hydrogen-bond acceptors (Lipinski definition) is 4. The number of benzene rings is 3. The van der Waals surface area contributed by atoms with Crippen LogP contribution in [-0.4, -0.2) is 34.6 Å². The van der Waals surface area contributed by atoms with E-state index >= 15 is 0 Å². The van der Waals surface area contributed by atoms with Gasteiger partial charge in [-0.15, -0.1) is 5.10 Å². The number of ether oxygens (including phenoxy) is 1. The van der Waals surface area contributed by atoms with Crippen LogP contribution in [0.25, 0.3) is 21.8 Å². The summed E-state index contributed by atoms with van der Waals surface area (Å²) in [5.41, 5.74) is 2.54. The van der Waals surface area contributed by atoms with Crippen molar-refractivity contribution < 1.29 is 9.53 Å². The molecule has 0 saturated carbocycles. The first-order valence-electron chi connectivity index (χ1n) is 8.89. The maximum absolute atomic E-state index is 12.4. The van der Waals surface area contributed by atoms with Crippen LogP contribution in [0, 0.1) is 0 Å². The first-order chi connectivity index (χ1) is 13.2. The number of carbonyl (C=O) groups is 1. The van der Waals surface area contributed by atoms with Crippen molar-refractivity contribution >= 4 is 27.7 Å². The van der Waals surface area contributed by atoms with E-state index in [-0.39, 0.29) is 5.91 Å². The fourth-order valence-electron chi connectivity index (χ4n) is 3.11. The van der Waals surface area contributed by atoms with E-state index in [1.807, 2.05) is 65.3 Å². The van der Waals surface area contributed by atoms with Gasteiger partial charge >= 0.3 is 0 Å². The van der Waals surface area contributed by atoms with Gasteiger partial charge in [0, 0.05) is 18.7 Å². The molecule has 0 spiro atoms. The summed E-state index contributed by atoms with van der Waals surface area (Å²) in [7, 11) is 1.64. The first kappa shape index (κ1) is 17.0. The van der Waals surface area contributed by atoms with Crippen molar-refractivity contribution in [2.24, 2.45) is 0 Å². The number of nitrogens with one attached hydrogen (secondary N) is 1. The van der Waals surface area contributed by atoms with Gasteiger partial charge in [-0.25, -0.2) is 4.68 Å². The number of hydrogen-bond donors (Lipinski definition) is 1. The second kappa shape index (κ2) is 7.45. The van der Waals surface area contributed by atoms with E-state index in [0.717, 1.165) is 34.0 Å². The molecule has 0 bridgehead atoms. The second-order valence-electron chi connectivity index (χ2n) is 6.34. The monoisotopic (exact) mass is 360 g/mol. The van der Waals surface area contributed by atoms with Crippen LogP contribution in [0.4, 0.5) is 0 Å². The van der Waals surface area contributed by atoms with Gasteiger partial charge in [0.15, 0.2) is 0 Å². The van der Waals surface area contributed by atoms with Gasteiger partial charge in [0.2, 0.25) is 0 Å². The van der Waals surface area contributed by atoms with Crippen molar-refractivity contribution in [3.8, 4) is 5.75 Å². The normalized spacial score (nSPS) is 11.0. The Hall–Kier alpha value is -3.41. The maximum atomic E-state index is 12.4. The standard InChI is InChI=1S/C21H20N4O2/c1-27-18-10-9-15-13-17(8-7-16(15)14-18)21(26)22-11-4-12-25-20-6-3-2-5-19(20)23-24-25/h2-3,5-10,13-14H,4,11-12H2,1H3,(H,22,26). The summed E-state index contributed by atoms with van der Waals surface area (Å²) in [6.07, 6.45) is 0.782. The van der Waals surface area contributed by atoms with E-state index in [1.54, 1.807) is 7.11 Å². The molecular formula is C21H20N4O2. The topological polar surface area (TPSA) is 69.0 Å². The lowest BCUT2D eigenvalue weighted by Gasteiger charge is -2.08. The second-order valence-corrected chi connectivity index (χ2v) is 6.34. The molecule has 3 aromatic carbocycles. The number of para-hydroxylation sites is 1. The summed E-state index contributed by atoms with van der Waals surface area (Å²) in [4.78, 5) is 12.4. The minimum Gasteiger partial charge on any atom is -0.497 e. The smallest absolute Gasteiger partial charge is 0.251 e. The Morgan fingerprint density at radius 3 is 2.78 bits per heavy atom. The number of carbonyl (C=O) groups excluding carboxylic acids is 1. The fraction of sp³-hybridized carbons (Fsp3) is 0.190. The molecule has 1 amide bonds. The molecule has 1 N–H and O–H groups in total. The Bertz CT molecular complexity index is 1100. The van der Waals surface area contributed by atoms with Gasteiger partial charge in [0.05, 0.1) is 12.6 Å². The van der Waals surface area contributed by atoms with Gasteiger partial charge in [-0.05, 0) is 53.6 Å². The maximum Gasteiger partial charge on any atom is 0.251 e. The molecule has 27 heavy (non-hydrogen) atoms. The fourth-order valence-corrected chi connectivity index (χ4v) is 3.11. The predicted octanol–water partition coefficient (Wildman–Crippen LogP) is 3.41. The number of fused-ring (bicyclic) bond motifs is 2. The van der Waals surface area contributed by atoms with Crippen LogP contribution in [0.2, 0.25) is 0 Å². The van der Waals surface area contributed by atoms with E-state index in [4.69, 9.17) is 4.74 Å². The number of amides is 1. The molecule has 1 aromatic heterocycles. The molecule has 0 radical (unpaired) electrons. The quantitative estimate of drug-likeness (QED) is 0.535. The SMILES string of the molecule is COc1ccc2cc(C(=O)NCCCn3nnc4ccccc43)ccc2c1. The number of aryl methyl sites for hydroxylation is 1. The van der Waals surface area contributed by atoms with Crippen molar-refractivity contribution in [2.45, 2.75) is 13.0 Å². The van der Waals surface area contributed by atoms with Crippen LogP contribution in [-0.2, 0) is 6.54 Å². The highest BCUT2D eigenvalue weighted by Gasteiger charge is 2.07. The summed E-state index contributed by atoms with van der Waals surface area (Å²) >= 11 is 0. The van der Waals surface area contributed by atoms with Crippen molar-refractivity contribution in [1.82, 2.24) is 20.3 Å². The molecule has 6 heteroatoms. The molecule has 0 aliphatic heterocycles. The average molecular weight is 360 g/mol. The Morgan fingerprint density at radius 2 is 1.89 bits per heavy atom. The molecule has 4 aromatic rings. The van der Waals surface area contributed by atoms with Crippen LogP contribution >= 0.6 is 0 Å². The highest BCUT2D eigenvalue weighted by Crippen LogP contribution is 2.21. The molecule has 0 fully saturated rings. The van der Waals surface area contributed by atoms with Gasteiger partial charge in [-0.1, -0.05) is 29.5 Å². The third-order valence-corrected chi connectivity index (χ3v) is 4.56. The van der Waals surface area contributed by atoms with Crippen LogP contribution in [0.3, 0.4) is 0 Å². The molecule has 0 aliphatic carbocycles. The zero-order valence-electron chi connectivity index (χ0n) is 15.1. The molecule has 4 rings (SSSR count). The molecule has 0 atom stereocenters. The number of nitrogens with zero attached hydrogens (tertiary/aromatic N) is 3. The van der Waals surface area contributed by atoms with E-state index < -0.39 is 0 Å². The number of methoxy groups -OCH3 is 1. The zero-order valence-corrected chi connectivity index (χ0v) is 15.1. The minimum absolute atomic E-state index is 0.0730. The summed E-state index contributed by atoms with van der Waals surface area (Å²) < 4.78 is 7.10. The van der Waals surface area contributed by atoms with Crippen molar-refractivity contribution in [1.29, 1.82) is 0 Å². The molecule has 0 aliphatic rings. The van der Waals surface area contributed by atoms with Gasteiger partial charge < -0.3 is 10.1 Å². The predicted molar refractivity (Wildman–Crippen MR) is 105 cm³/mol. The molecule has 6 nitrogen and oxygen atoms in total. The Labute approximate surface area is 156 Å². The van der Waals surface area contributed by atoms with Gasteiger partial charge in [-0.3, -0.25) is 4.79 Å². The third-order valence-electron chi connectivity index (χ3n) is 4.56. The first-order valence-corrected chi connectivity index (χ1v) is 8.89. The van der Waals surface area contributed by atoms with Crippen molar-refractivity contribution in [3.05, 3.63) is 66.2 Å². The molecular weight excluding hydrogens is 340 g/mol. The van der Waals surface area contributed by atoms with E-state index in [1.165, 1.54) is 0 Å². The van der Waals surface area contributed by atoms with Crippen molar-refractivity contribution in [3.63, 3.8) is 0 Å². The van der Waals surface area contributed by atoms with Crippen LogP contribution in [0.5, 0.6) is 5.75 Å². The average Bonchev–Trinajstić information content (AvgIpc) is 3.13. The van der Waals surface area contributed by atoms with Gasteiger partial charge in [0.25, 0.3) is 5.91 Å². The summed E-state index contributed by atoms with van der Waals surface area (Å²) in [5.74, 6) is 0.733. The van der Waals surface area contributed by atoms with Crippen LogP contribution in [0.15, 0.2) is 60.7 Å². The summed E-state index contributed by atoms with van der Waals surface area (Å²) in [6.45, 7) is 1.28. The minimum atomic E-state index is -0.0730. The Balaban J connectivity index is 1.36. The largest absolute Gasteiger partial charge is 0.497 e. The Kier molecular flexibility index (Phi) is 4.70. The highest BCUT2D eigenvalue weighted by atomic mass is 16.5. The van der Waals surface area contributed by atoms with Gasteiger partial charge in [0.1, 0.15) is 11.3 Å². The van der Waals surface area contributed by atoms with E-state index in [0.29, 0.717) is 18.7 Å². The number of aromatic nitrogens is 3. The van der Waals surface area contributed by atoms with Crippen molar-refractivity contribution in [2.75, 3.05) is 13.7 Å². The zero-order chi connectivity index (χ0) is 18.6. The van der Waals surface area contributed by atoms with Crippen LogP contribution in [0.1, 0.15) is 16.8 Å². The lowest BCUT2D eigenvalue weighted by molar-refractivity contribution is 0.0953. The summed E-state index contributed by atoms with van der Waals surface area (Å²) in [6, 6.07) is 19.3. The van der Waals surface area contributed by atoms with E-state index in [9.17, 15) is 4.79 Å². The Morgan fingerprint density at radius 1 is 1.07 bits per heavy atom. The number of rotatable bonds is 6. The molecule has 1 heterocycles. The molecule has 136 valence electrons. The van der Waals surface area contributed by atoms with E-state index in [2.05, 4.69) is 15.6 Å². The lowest BCUT2D eigenvalue weighted by Crippen LogP contribution is -2.25. The lowest BCUT2D eigenvalue weighted by atomic mass is 10.1. The van der Waals surface area contributed by atoms with Crippen LogP contribution < -0.4 is 10.1 Å². The molecule has 0 saturated heterocycles. The van der Waals surface area contributed by atoms with Gasteiger partial charge in [-0.2, -0.15) is 0 Å². The third kappa shape index (κ3) is 3.60. The summed E-state index contributed by atoms with van der Waals surface area (Å²) in [5, 5.41) is 13.3. The highest BCUT2D eigenvalue weighted by molar-refractivity contribution is 5.98.